The lowest BCUT2D eigenvalue weighted by Gasteiger charge is -2.08. The Bertz CT molecular complexity index is 378. The summed E-state index contributed by atoms with van der Waals surface area (Å²) in [4.78, 5) is 11.4. The van der Waals surface area contributed by atoms with Gasteiger partial charge in [0.1, 0.15) is 5.75 Å². The standard InChI is InChI=1S/C13H20N2O2/c1-3-4-7-15-13(16)9-17-11-6-5-10(2)12(14)8-11/h5-6,8H,3-4,7,9,14H2,1-2H3,(H,15,16). The van der Waals surface area contributed by atoms with Gasteiger partial charge in [-0.15, -0.1) is 0 Å². The van der Waals surface area contributed by atoms with Crippen LogP contribution in [-0.4, -0.2) is 19.1 Å². The van der Waals surface area contributed by atoms with E-state index in [1.54, 1.807) is 6.07 Å². The van der Waals surface area contributed by atoms with Crippen LogP contribution in [-0.2, 0) is 4.79 Å². The smallest absolute Gasteiger partial charge is 0.257 e. The second-order valence-electron chi connectivity index (χ2n) is 4.01. The molecule has 4 heteroatoms. The Hall–Kier alpha value is -1.71. The van der Waals surface area contributed by atoms with E-state index in [1.807, 2.05) is 19.1 Å². The summed E-state index contributed by atoms with van der Waals surface area (Å²) in [6.45, 7) is 4.75. The molecule has 1 aromatic carbocycles. The number of aryl methyl sites for hydroxylation is 1. The first-order valence-corrected chi connectivity index (χ1v) is 5.89. The van der Waals surface area contributed by atoms with Crippen LogP contribution in [0.15, 0.2) is 18.2 Å². The molecule has 1 amide bonds. The summed E-state index contributed by atoms with van der Waals surface area (Å²) in [7, 11) is 0. The van der Waals surface area contributed by atoms with Crippen molar-refractivity contribution in [3.63, 3.8) is 0 Å². The first kappa shape index (κ1) is 13.4. The van der Waals surface area contributed by atoms with Gasteiger partial charge in [0.05, 0.1) is 0 Å². The van der Waals surface area contributed by atoms with Gasteiger partial charge in [0.25, 0.3) is 5.91 Å². The minimum atomic E-state index is -0.0994. The monoisotopic (exact) mass is 236 g/mol. The molecule has 0 aliphatic rings. The van der Waals surface area contributed by atoms with Crippen LogP contribution in [0.2, 0.25) is 0 Å². The molecule has 0 aliphatic carbocycles. The van der Waals surface area contributed by atoms with Gasteiger partial charge < -0.3 is 15.8 Å². The molecule has 0 radical (unpaired) electrons. The van der Waals surface area contributed by atoms with E-state index in [-0.39, 0.29) is 12.5 Å². The van der Waals surface area contributed by atoms with E-state index >= 15 is 0 Å². The molecule has 0 aromatic heterocycles. The fraction of sp³-hybridized carbons (Fsp3) is 0.462. The molecule has 0 atom stereocenters. The molecule has 94 valence electrons. The number of nitrogens with two attached hydrogens (primary N) is 1. The molecule has 4 nitrogen and oxygen atoms in total. The van der Waals surface area contributed by atoms with E-state index in [0.717, 1.165) is 18.4 Å². The fourth-order valence-electron chi connectivity index (χ4n) is 1.31. The quantitative estimate of drug-likeness (QED) is 0.585. The van der Waals surface area contributed by atoms with Gasteiger partial charge in [0.15, 0.2) is 6.61 Å². The predicted octanol–water partition coefficient (Wildman–Crippen LogP) is 1.87. The lowest BCUT2D eigenvalue weighted by molar-refractivity contribution is -0.123. The van der Waals surface area contributed by atoms with Gasteiger partial charge in [0.2, 0.25) is 0 Å². The summed E-state index contributed by atoms with van der Waals surface area (Å²) >= 11 is 0. The van der Waals surface area contributed by atoms with E-state index in [4.69, 9.17) is 10.5 Å². The van der Waals surface area contributed by atoms with Crippen molar-refractivity contribution in [2.75, 3.05) is 18.9 Å². The zero-order valence-electron chi connectivity index (χ0n) is 10.5. The minimum absolute atomic E-state index is 0.0339. The molecule has 0 heterocycles. The van der Waals surface area contributed by atoms with Gasteiger partial charge in [-0.2, -0.15) is 0 Å². The summed E-state index contributed by atoms with van der Waals surface area (Å²) in [5, 5.41) is 2.78. The van der Waals surface area contributed by atoms with Crippen molar-refractivity contribution in [1.82, 2.24) is 5.32 Å². The van der Waals surface area contributed by atoms with Crippen molar-refractivity contribution in [2.45, 2.75) is 26.7 Å². The second kappa shape index (κ2) is 6.78. The number of benzene rings is 1. The van der Waals surface area contributed by atoms with Crippen LogP contribution in [0.25, 0.3) is 0 Å². The highest BCUT2D eigenvalue weighted by Crippen LogP contribution is 2.18. The van der Waals surface area contributed by atoms with Gasteiger partial charge in [-0.05, 0) is 25.0 Å². The number of hydrogen-bond donors (Lipinski definition) is 2. The Balaban J connectivity index is 2.34. The number of ether oxygens (including phenoxy) is 1. The molecule has 0 bridgehead atoms. The highest BCUT2D eigenvalue weighted by atomic mass is 16.5. The normalized spacial score (nSPS) is 10.0. The Morgan fingerprint density at radius 2 is 2.24 bits per heavy atom. The molecular formula is C13H20N2O2. The zero-order valence-corrected chi connectivity index (χ0v) is 10.5. The van der Waals surface area contributed by atoms with E-state index in [2.05, 4.69) is 12.2 Å². The van der Waals surface area contributed by atoms with Gasteiger partial charge in [-0.3, -0.25) is 4.79 Å². The minimum Gasteiger partial charge on any atom is -0.484 e. The molecule has 0 aliphatic heterocycles. The number of carbonyl (C=O) groups is 1. The zero-order chi connectivity index (χ0) is 12.7. The van der Waals surface area contributed by atoms with Gasteiger partial charge in [-0.25, -0.2) is 0 Å². The Kier molecular flexibility index (Phi) is 5.33. The molecule has 3 N–H and O–H groups in total. The number of nitrogen functional groups attached to an aromatic ring is 1. The van der Waals surface area contributed by atoms with Crippen molar-refractivity contribution < 1.29 is 9.53 Å². The maximum atomic E-state index is 11.4. The van der Waals surface area contributed by atoms with E-state index < -0.39 is 0 Å². The van der Waals surface area contributed by atoms with Crippen molar-refractivity contribution in [1.29, 1.82) is 0 Å². The van der Waals surface area contributed by atoms with Crippen LogP contribution in [0, 0.1) is 6.92 Å². The van der Waals surface area contributed by atoms with Crippen LogP contribution in [0.1, 0.15) is 25.3 Å². The third-order valence-electron chi connectivity index (χ3n) is 2.47. The third-order valence-corrected chi connectivity index (χ3v) is 2.47. The summed E-state index contributed by atoms with van der Waals surface area (Å²) in [5.41, 5.74) is 7.42. The Morgan fingerprint density at radius 3 is 2.88 bits per heavy atom. The number of anilines is 1. The van der Waals surface area contributed by atoms with Crippen molar-refractivity contribution in [3.8, 4) is 5.75 Å². The van der Waals surface area contributed by atoms with Crippen molar-refractivity contribution in [3.05, 3.63) is 23.8 Å². The highest BCUT2D eigenvalue weighted by molar-refractivity contribution is 5.77. The maximum Gasteiger partial charge on any atom is 0.257 e. The van der Waals surface area contributed by atoms with Crippen molar-refractivity contribution in [2.24, 2.45) is 0 Å². The summed E-state index contributed by atoms with van der Waals surface area (Å²) in [6, 6.07) is 5.42. The first-order chi connectivity index (χ1) is 8.13. The molecule has 0 unspecified atom stereocenters. The van der Waals surface area contributed by atoms with Crippen LogP contribution >= 0.6 is 0 Å². The topological polar surface area (TPSA) is 64.3 Å². The van der Waals surface area contributed by atoms with Gasteiger partial charge in [-0.1, -0.05) is 19.4 Å². The third kappa shape index (κ3) is 4.76. The van der Waals surface area contributed by atoms with Gasteiger partial charge >= 0.3 is 0 Å². The average molecular weight is 236 g/mol. The van der Waals surface area contributed by atoms with E-state index in [1.165, 1.54) is 0 Å². The molecule has 0 fully saturated rings. The largest absolute Gasteiger partial charge is 0.484 e. The summed E-state index contributed by atoms with van der Waals surface area (Å²) in [6.07, 6.45) is 2.05. The molecular weight excluding hydrogens is 216 g/mol. The molecule has 17 heavy (non-hydrogen) atoms. The number of unbranched alkanes of at least 4 members (excludes halogenated alkanes) is 1. The number of hydrogen-bond acceptors (Lipinski definition) is 3. The summed E-state index contributed by atoms with van der Waals surface area (Å²) < 4.78 is 5.34. The Labute approximate surface area is 102 Å². The maximum absolute atomic E-state index is 11.4. The molecule has 0 saturated heterocycles. The highest BCUT2D eigenvalue weighted by Gasteiger charge is 2.02. The molecule has 0 spiro atoms. The van der Waals surface area contributed by atoms with Crippen LogP contribution in [0.4, 0.5) is 5.69 Å². The number of amides is 1. The first-order valence-electron chi connectivity index (χ1n) is 5.89. The van der Waals surface area contributed by atoms with Crippen LogP contribution in [0.5, 0.6) is 5.75 Å². The number of carbonyl (C=O) groups excluding carboxylic acids is 1. The SMILES string of the molecule is CCCCNC(=O)COc1ccc(C)c(N)c1. The fourth-order valence-corrected chi connectivity index (χ4v) is 1.31. The lowest BCUT2D eigenvalue weighted by Crippen LogP contribution is -2.29. The molecule has 0 saturated carbocycles. The predicted molar refractivity (Wildman–Crippen MR) is 69.0 cm³/mol. The van der Waals surface area contributed by atoms with E-state index in [9.17, 15) is 4.79 Å². The Morgan fingerprint density at radius 1 is 1.47 bits per heavy atom. The molecule has 1 rings (SSSR count). The number of rotatable bonds is 6. The van der Waals surface area contributed by atoms with Crippen molar-refractivity contribution >= 4 is 11.6 Å². The number of nitrogens with one attached hydrogen (secondary N) is 1. The summed E-state index contributed by atoms with van der Waals surface area (Å²) in [5.74, 6) is 0.524. The second-order valence-corrected chi connectivity index (χ2v) is 4.01. The van der Waals surface area contributed by atoms with Gasteiger partial charge in [0, 0.05) is 18.3 Å². The van der Waals surface area contributed by atoms with Crippen LogP contribution < -0.4 is 15.8 Å². The molecule has 1 aromatic rings. The lowest BCUT2D eigenvalue weighted by atomic mass is 10.2. The average Bonchev–Trinajstić information content (AvgIpc) is 2.31. The van der Waals surface area contributed by atoms with E-state index in [0.29, 0.717) is 18.0 Å². The van der Waals surface area contributed by atoms with Crippen LogP contribution in [0.3, 0.4) is 0 Å².